The second-order valence-corrected chi connectivity index (χ2v) is 6.80. The fraction of sp³-hybridized carbons (Fsp3) is 0.304. The maximum Gasteiger partial charge on any atom is 0.329 e. The van der Waals surface area contributed by atoms with E-state index >= 15 is 0 Å². The molecule has 2 aromatic carbocycles. The highest BCUT2D eigenvalue weighted by Crippen LogP contribution is 2.28. The molecule has 0 aliphatic heterocycles. The second kappa shape index (κ2) is 12.1. The fourth-order valence-corrected chi connectivity index (χ4v) is 2.78. The van der Waals surface area contributed by atoms with Crippen molar-refractivity contribution < 1.29 is 23.9 Å². The van der Waals surface area contributed by atoms with E-state index in [1.807, 2.05) is 39.0 Å². The lowest BCUT2D eigenvalue weighted by Gasteiger charge is -2.14. The van der Waals surface area contributed by atoms with Gasteiger partial charge in [0.15, 0.2) is 18.1 Å². The zero-order valence-corrected chi connectivity index (χ0v) is 18.7. The molecule has 0 unspecified atom stereocenters. The van der Waals surface area contributed by atoms with Crippen LogP contribution in [0, 0.1) is 13.8 Å². The van der Waals surface area contributed by atoms with E-state index in [9.17, 15) is 14.4 Å². The first kappa shape index (κ1) is 24.4. The number of likely N-dealkylation sites (N-methyl/N-ethyl adjacent to an activating group) is 1. The van der Waals surface area contributed by atoms with Crippen molar-refractivity contribution in [2.45, 2.75) is 27.7 Å². The number of para-hydroxylation sites is 1. The highest BCUT2D eigenvalue weighted by molar-refractivity contribution is 6.35. The molecule has 0 fully saturated rings. The SMILES string of the molecule is CCNC(=O)C(=O)N/N=C\c1ccc(OCC(=O)Nc2c(C)cccc2C)c(OCC)c1. The molecule has 9 heteroatoms. The van der Waals surface area contributed by atoms with Gasteiger partial charge < -0.3 is 20.1 Å². The normalized spacial score (nSPS) is 10.5. The maximum atomic E-state index is 12.4. The first-order valence-electron chi connectivity index (χ1n) is 10.2. The predicted molar refractivity (Wildman–Crippen MR) is 122 cm³/mol. The number of nitrogens with zero attached hydrogens (tertiary/aromatic N) is 1. The average molecular weight is 441 g/mol. The Labute approximate surface area is 187 Å². The summed E-state index contributed by atoms with van der Waals surface area (Å²) in [5, 5.41) is 9.01. The van der Waals surface area contributed by atoms with E-state index in [0.717, 1.165) is 16.8 Å². The van der Waals surface area contributed by atoms with Crippen molar-refractivity contribution in [3.05, 3.63) is 53.1 Å². The molecule has 0 aromatic heterocycles. The lowest BCUT2D eigenvalue weighted by Crippen LogP contribution is -2.37. The van der Waals surface area contributed by atoms with Crippen molar-refractivity contribution in [3.63, 3.8) is 0 Å². The molecule has 0 saturated heterocycles. The molecule has 170 valence electrons. The number of ether oxygens (including phenoxy) is 2. The minimum atomic E-state index is -0.858. The van der Waals surface area contributed by atoms with Crippen LogP contribution in [0.5, 0.6) is 11.5 Å². The average Bonchev–Trinajstić information content (AvgIpc) is 2.76. The van der Waals surface area contributed by atoms with Gasteiger partial charge in [0.2, 0.25) is 0 Å². The lowest BCUT2D eigenvalue weighted by molar-refractivity contribution is -0.139. The molecule has 2 aromatic rings. The second-order valence-electron chi connectivity index (χ2n) is 6.80. The van der Waals surface area contributed by atoms with E-state index in [1.165, 1.54) is 6.21 Å². The summed E-state index contributed by atoms with van der Waals surface area (Å²) in [7, 11) is 0. The van der Waals surface area contributed by atoms with E-state index in [0.29, 0.717) is 30.2 Å². The number of benzene rings is 2. The summed E-state index contributed by atoms with van der Waals surface area (Å²) in [6.07, 6.45) is 1.37. The summed E-state index contributed by atoms with van der Waals surface area (Å²) in [5.41, 5.74) is 5.46. The van der Waals surface area contributed by atoms with E-state index < -0.39 is 11.8 Å². The molecule has 0 aliphatic rings. The van der Waals surface area contributed by atoms with Crippen LogP contribution in [0.25, 0.3) is 0 Å². The Hall–Kier alpha value is -3.88. The molecule has 32 heavy (non-hydrogen) atoms. The van der Waals surface area contributed by atoms with Gasteiger partial charge in [-0.25, -0.2) is 5.43 Å². The highest BCUT2D eigenvalue weighted by atomic mass is 16.5. The van der Waals surface area contributed by atoms with Crippen molar-refractivity contribution in [2.75, 3.05) is 25.1 Å². The number of hydrogen-bond acceptors (Lipinski definition) is 6. The molecule has 3 N–H and O–H groups in total. The Morgan fingerprint density at radius 1 is 0.969 bits per heavy atom. The fourth-order valence-electron chi connectivity index (χ4n) is 2.78. The van der Waals surface area contributed by atoms with Crippen LogP contribution in [-0.4, -0.2) is 43.7 Å². The minimum absolute atomic E-state index is 0.191. The van der Waals surface area contributed by atoms with Gasteiger partial charge in [0.25, 0.3) is 5.91 Å². The number of hydrogen-bond donors (Lipinski definition) is 3. The first-order valence-corrected chi connectivity index (χ1v) is 10.2. The van der Waals surface area contributed by atoms with Gasteiger partial charge in [-0.3, -0.25) is 14.4 Å². The van der Waals surface area contributed by atoms with Crippen molar-refractivity contribution in [1.29, 1.82) is 0 Å². The Kier molecular flexibility index (Phi) is 9.22. The monoisotopic (exact) mass is 440 g/mol. The summed E-state index contributed by atoms with van der Waals surface area (Å²) < 4.78 is 11.2. The summed E-state index contributed by atoms with van der Waals surface area (Å²) in [5.74, 6) is -1.09. The highest BCUT2D eigenvalue weighted by Gasteiger charge is 2.12. The van der Waals surface area contributed by atoms with Crippen molar-refractivity contribution in [1.82, 2.24) is 10.7 Å². The lowest BCUT2D eigenvalue weighted by atomic mass is 10.1. The number of anilines is 1. The zero-order valence-electron chi connectivity index (χ0n) is 18.7. The van der Waals surface area contributed by atoms with Crippen molar-refractivity contribution >= 4 is 29.6 Å². The number of rotatable bonds is 9. The summed E-state index contributed by atoms with van der Waals surface area (Å²) in [6.45, 7) is 7.93. The largest absolute Gasteiger partial charge is 0.490 e. The molecule has 0 bridgehead atoms. The number of hydrazone groups is 1. The van der Waals surface area contributed by atoms with Gasteiger partial charge in [0, 0.05) is 12.2 Å². The number of carbonyl (C=O) groups is 3. The van der Waals surface area contributed by atoms with E-state index in [-0.39, 0.29) is 12.5 Å². The molecule has 0 heterocycles. The Balaban J connectivity index is 2.01. The third-order valence-corrected chi connectivity index (χ3v) is 4.30. The van der Waals surface area contributed by atoms with Crippen LogP contribution in [0.4, 0.5) is 5.69 Å². The van der Waals surface area contributed by atoms with E-state index in [1.54, 1.807) is 25.1 Å². The van der Waals surface area contributed by atoms with Crippen LogP contribution < -0.4 is 25.5 Å². The number of amides is 3. The molecule has 0 spiro atoms. The first-order chi connectivity index (χ1) is 15.3. The summed E-state index contributed by atoms with van der Waals surface area (Å²) in [6, 6.07) is 10.8. The molecule has 0 radical (unpaired) electrons. The van der Waals surface area contributed by atoms with Gasteiger partial charge in [0.1, 0.15) is 0 Å². The molecule has 9 nitrogen and oxygen atoms in total. The van der Waals surface area contributed by atoms with Crippen LogP contribution in [0.15, 0.2) is 41.5 Å². The van der Waals surface area contributed by atoms with Crippen LogP contribution >= 0.6 is 0 Å². The smallest absolute Gasteiger partial charge is 0.329 e. The third kappa shape index (κ3) is 7.12. The molecular formula is C23H28N4O5. The topological polar surface area (TPSA) is 118 Å². The van der Waals surface area contributed by atoms with Gasteiger partial charge >= 0.3 is 11.8 Å². The predicted octanol–water partition coefficient (Wildman–Crippen LogP) is 2.31. The quantitative estimate of drug-likeness (QED) is 0.314. The molecule has 0 atom stereocenters. The Morgan fingerprint density at radius 2 is 1.69 bits per heavy atom. The minimum Gasteiger partial charge on any atom is -0.490 e. The molecular weight excluding hydrogens is 412 g/mol. The van der Waals surface area contributed by atoms with Crippen molar-refractivity contribution in [3.8, 4) is 11.5 Å². The number of aryl methyl sites for hydroxylation is 2. The van der Waals surface area contributed by atoms with Crippen LogP contribution in [0.1, 0.15) is 30.5 Å². The van der Waals surface area contributed by atoms with Crippen LogP contribution in [0.2, 0.25) is 0 Å². The van der Waals surface area contributed by atoms with E-state index in [4.69, 9.17) is 9.47 Å². The number of carbonyl (C=O) groups excluding carboxylic acids is 3. The summed E-state index contributed by atoms with van der Waals surface area (Å²) >= 11 is 0. The summed E-state index contributed by atoms with van der Waals surface area (Å²) in [4.78, 5) is 35.3. The molecule has 0 saturated carbocycles. The van der Waals surface area contributed by atoms with Gasteiger partial charge in [0.05, 0.1) is 12.8 Å². The zero-order chi connectivity index (χ0) is 23.5. The number of nitrogens with one attached hydrogen (secondary N) is 3. The standard InChI is InChI=1S/C23H28N4O5/c1-5-24-22(29)23(30)27-25-13-17-10-11-18(19(12-17)31-6-2)32-14-20(28)26-21-15(3)8-7-9-16(21)4/h7-13H,5-6,14H2,1-4H3,(H,24,29)(H,26,28)(H,27,30)/b25-13-. The third-order valence-electron chi connectivity index (χ3n) is 4.30. The Bertz CT molecular complexity index is 984. The van der Waals surface area contributed by atoms with Gasteiger partial charge in [-0.2, -0.15) is 5.10 Å². The molecule has 2 rings (SSSR count). The van der Waals surface area contributed by atoms with E-state index in [2.05, 4.69) is 21.2 Å². The van der Waals surface area contributed by atoms with Gasteiger partial charge in [-0.1, -0.05) is 18.2 Å². The maximum absolute atomic E-state index is 12.4. The van der Waals surface area contributed by atoms with Crippen LogP contribution in [0.3, 0.4) is 0 Å². The van der Waals surface area contributed by atoms with Crippen LogP contribution in [-0.2, 0) is 14.4 Å². The molecule has 0 aliphatic carbocycles. The van der Waals surface area contributed by atoms with Gasteiger partial charge in [-0.05, 0) is 62.6 Å². The van der Waals surface area contributed by atoms with Crippen molar-refractivity contribution in [2.24, 2.45) is 5.10 Å². The Morgan fingerprint density at radius 3 is 2.34 bits per heavy atom. The van der Waals surface area contributed by atoms with Gasteiger partial charge in [-0.15, -0.1) is 0 Å². The molecule has 3 amide bonds.